The van der Waals surface area contributed by atoms with E-state index in [1.165, 1.54) is 12.1 Å². The number of amides is 1. The Morgan fingerprint density at radius 2 is 1.97 bits per heavy atom. The van der Waals surface area contributed by atoms with Crippen molar-refractivity contribution in [3.63, 3.8) is 0 Å². The molecule has 2 aromatic heterocycles. The van der Waals surface area contributed by atoms with Crippen LogP contribution in [0.4, 0.5) is 4.39 Å². The second-order valence-corrected chi connectivity index (χ2v) is 8.09. The third-order valence-electron chi connectivity index (χ3n) is 5.92. The number of rotatable bonds is 6. The summed E-state index contributed by atoms with van der Waals surface area (Å²) < 4.78 is 20.2. The van der Waals surface area contributed by atoms with E-state index in [1.54, 1.807) is 19.1 Å². The largest absolute Gasteiger partial charge is 0.361 e. The fraction of sp³-hybridized carbons (Fsp3) is 0.435. The van der Waals surface area contributed by atoms with Gasteiger partial charge in [0.15, 0.2) is 0 Å². The number of hydrogen-bond acceptors (Lipinski definition) is 5. The van der Waals surface area contributed by atoms with Crippen LogP contribution in [-0.2, 0) is 20.0 Å². The summed E-state index contributed by atoms with van der Waals surface area (Å²) >= 11 is 0. The van der Waals surface area contributed by atoms with Crippen molar-refractivity contribution >= 4 is 5.91 Å². The summed E-state index contributed by atoms with van der Waals surface area (Å²) in [6.07, 6.45) is 2.45. The van der Waals surface area contributed by atoms with Crippen LogP contribution in [0, 0.1) is 12.7 Å². The first-order chi connectivity index (χ1) is 14.9. The van der Waals surface area contributed by atoms with E-state index in [4.69, 9.17) is 4.52 Å². The number of benzene rings is 1. The fourth-order valence-electron chi connectivity index (χ4n) is 4.09. The molecule has 8 heteroatoms. The molecule has 0 unspecified atom stereocenters. The molecule has 1 aliphatic heterocycles. The molecule has 3 heterocycles. The van der Waals surface area contributed by atoms with Gasteiger partial charge in [0, 0.05) is 38.3 Å². The molecule has 0 bridgehead atoms. The lowest BCUT2D eigenvalue weighted by atomic mass is 10.0. The van der Waals surface area contributed by atoms with Crippen LogP contribution in [0.1, 0.15) is 47.3 Å². The van der Waals surface area contributed by atoms with E-state index >= 15 is 0 Å². The fourth-order valence-corrected chi connectivity index (χ4v) is 4.09. The van der Waals surface area contributed by atoms with Crippen LogP contribution in [0.25, 0.3) is 11.3 Å². The molecular weight excluding hydrogens is 397 g/mol. The zero-order valence-electron chi connectivity index (χ0n) is 18.2. The van der Waals surface area contributed by atoms with Gasteiger partial charge in [0.05, 0.1) is 17.1 Å². The minimum absolute atomic E-state index is 0.0929. The predicted molar refractivity (Wildman–Crippen MR) is 115 cm³/mol. The Kier molecular flexibility index (Phi) is 6.18. The molecule has 0 atom stereocenters. The van der Waals surface area contributed by atoms with Crippen LogP contribution in [0.2, 0.25) is 0 Å². The number of likely N-dealkylation sites (tertiary alicyclic amines) is 1. The van der Waals surface area contributed by atoms with Gasteiger partial charge in [-0.3, -0.25) is 14.4 Å². The van der Waals surface area contributed by atoms with Gasteiger partial charge in [-0.1, -0.05) is 12.1 Å². The molecule has 1 fully saturated rings. The number of piperidine rings is 1. The van der Waals surface area contributed by atoms with Crippen molar-refractivity contribution in [2.24, 2.45) is 7.05 Å². The van der Waals surface area contributed by atoms with Crippen LogP contribution in [-0.4, -0.2) is 44.9 Å². The quantitative estimate of drug-likeness (QED) is 0.654. The maximum atomic E-state index is 13.2. The number of halogens is 1. The summed E-state index contributed by atoms with van der Waals surface area (Å²) in [5.41, 5.74) is 4.14. The summed E-state index contributed by atoms with van der Waals surface area (Å²) in [4.78, 5) is 15.1. The van der Waals surface area contributed by atoms with Gasteiger partial charge >= 0.3 is 0 Å². The standard InChI is InChI=1S/C23H28FN5O2/c1-4-20-22(15(2)31-27-20)23(30)25-18-9-11-29(12-10-18)14-19-13-21(26-28(19)3)16-5-7-17(24)8-6-16/h5-8,13,18H,4,9-12,14H2,1-3H3,(H,25,30). The number of nitrogens with one attached hydrogen (secondary N) is 1. The predicted octanol–water partition coefficient (Wildman–Crippen LogP) is 3.48. The van der Waals surface area contributed by atoms with Crippen LogP contribution >= 0.6 is 0 Å². The molecule has 3 aromatic rings. The molecule has 0 saturated carbocycles. The smallest absolute Gasteiger partial charge is 0.257 e. The SMILES string of the molecule is CCc1noc(C)c1C(=O)NC1CCN(Cc2cc(-c3ccc(F)cc3)nn2C)CC1. The number of nitrogens with zero attached hydrogens (tertiary/aromatic N) is 4. The molecule has 1 saturated heterocycles. The number of aryl methyl sites for hydroxylation is 3. The van der Waals surface area contributed by atoms with Crippen molar-refractivity contribution in [3.05, 3.63) is 58.9 Å². The molecule has 164 valence electrons. The van der Waals surface area contributed by atoms with Gasteiger partial charge in [-0.25, -0.2) is 4.39 Å². The molecule has 4 rings (SSSR count). The van der Waals surface area contributed by atoms with Crippen molar-refractivity contribution in [1.29, 1.82) is 0 Å². The molecule has 0 radical (unpaired) electrons. The molecule has 1 amide bonds. The minimum atomic E-state index is -0.250. The summed E-state index contributed by atoms with van der Waals surface area (Å²) in [6, 6.07) is 8.60. The van der Waals surface area contributed by atoms with Gasteiger partial charge in [0.2, 0.25) is 0 Å². The maximum Gasteiger partial charge on any atom is 0.257 e. The second kappa shape index (κ2) is 9.01. The van der Waals surface area contributed by atoms with Crippen molar-refractivity contribution in [2.45, 2.75) is 45.7 Å². The molecule has 0 aliphatic carbocycles. The van der Waals surface area contributed by atoms with E-state index in [9.17, 15) is 9.18 Å². The van der Waals surface area contributed by atoms with Gasteiger partial charge in [0.1, 0.15) is 17.1 Å². The monoisotopic (exact) mass is 425 g/mol. The average molecular weight is 426 g/mol. The van der Waals surface area contributed by atoms with Gasteiger partial charge in [0.25, 0.3) is 5.91 Å². The highest BCUT2D eigenvalue weighted by Crippen LogP contribution is 2.22. The van der Waals surface area contributed by atoms with E-state index in [2.05, 4.69) is 26.5 Å². The highest BCUT2D eigenvalue weighted by atomic mass is 19.1. The highest BCUT2D eigenvalue weighted by molar-refractivity contribution is 5.96. The van der Waals surface area contributed by atoms with E-state index in [1.807, 2.05) is 18.7 Å². The Labute approximate surface area is 181 Å². The second-order valence-electron chi connectivity index (χ2n) is 8.09. The number of carbonyl (C=O) groups is 1. The molecule has 0 spiro atoms. The van der Waals surface area contributed by atoms with Gasteiger partial charge in [-0.15, -0.1) is 0 Å². The average Bonchev–Trinajstić information content (AvgIpc) is 3.32. The molecule has 1 N–H and O–H groups in total. The molecule has 31 heavy (non-hydrogen) atoms. The zero-order chi connectivity index (χ0) is 22.0. The van der Waals surface area contributed by atoms with E-state index in [-0.39, 0.29) is 17.8 Å². The Morgan fingerprint density at radius 1 is 1.26 bits per heavy atom. The highest BCUT2D eigenvalue weighted by Gasteiger charge is 2.25. The van der Waals surface area contributed by atoms with Gasteiger partial charge in [-0.2, -0.15) is 5.10 Å². The van der Waals surface area contributed by atoms with Crippen LogP contribution in [0.5, 0.6) is 0 Å². The lowest BCUT2D eigenvalue weighted by Crippen LogP contribution is -2.44. The van der Waals surface area contributed by atoms with E-state index < -0.39 is 0 Å². The van der Waals surface area contributed by atoms with Crippen molar-refractivity contribution in [1.82, 2.24) is 25.2 Å². The van der Waals surface area contributed by atoms with Crippen LogP contribution in [0.3, 0.4) is 0 Å². The Balaban J connectivity index is 1.33. The Morgan fingerprint density at radius 3 is 2.65 bits per heavy atom. The van der Waals surface area contributed by atoms with Crippen molar-refractivity contribution in [3.8, 4) is 11.3 Å². The first-order valence-corrected chi connectivity index (χ1v) is 10.7. The topological polar surface area (TPSA) is 76.2 Å². The third-order valence-corrected chi connectivity index (χ3v) is 5.92. The number of hydrogen-bond donors (Lipinski definition) is 1. The Hall–Kier alpha value is -3.00. The molecule has 7 nitrogen and oxygen atoms in total. The summed E-state index contributed by atoms with van der Waals surface area (Å²) in [7, 11) is 1.93. The lowest BCUT2D eigenvalue weighted by molar-refractivity contribution is 0.0906. The number of carbonyl (C=O) groups excluding carboxylic acids is 1. The minimum Gasteiger partial charge on any atom is -0.361 e. The van der Waals surface area contributed by atoms with Crippen LogP contribution in [0.15, 0.2) is 34.9 Å². The first-order valence-electron chi connectivity index (χ1n) is 10.7. The van der Waals surface area contributed by atoms with Crippen LogP contribution < -0.4 is 5.32 Å². The maximum absolute atomic E-state index is 13.2. The summed E-state index contributed by atoms with van der Waals surface area (Å²) in [5, 5.41) is 11.7. The van der Waals surface area contributed by atoms with Crippen molar-refractivity contribution < 1.29 is 13.7 Å². The van der Waals surface area contributed by atoms with E-state index in [0.717, 1.165) is 49.4 Å². The zero-order valence-corrected chi connectivity index (χ0v) is 18.2. The van der Waals surface area contributed by atoms with E-state index in [0.29, 0.717) is 23.4 Å². The van der Waals surface area contributed by atoms with Gasteiger partial charge < -0.3 is 9.84 Å². The first kappa shape index (κ1) is 21.2. The van der Waals surface area contributed by atoms with Gasteiger partial charge in [-0.05, 0) is 56.5 Å². The van der Waals surface area contributed by atoms with Crippen molar-refractivity contribution in [2.75, 3.05) is 13.1 Å². The normalized spacial score (nSPS) is 15.4. The third kappa shape index (κ3) is 4.69. The molecule has 1 aromatic carbocycles. The lowest BCUT2D eigenvalue weighted by Gasteiger charge is -2.32. The summed E-state index contributed by atoms with van der Waals surface area (Å²) in [6.45, 7) is 6.32. The molecular formula is C23H28FN5O2. The number of aromatic nitrogens is 3. The Bertz CT molecular complexity index is 1050. The molecule has 1 aliphatic rings. The summed E-state index contributed by atoms with van der Waals surface area (Å²) in [5.74, 6) is 0.226.